The third kappa shape index (κ3) is 3.88. The second-order valence-electron chi connectivity index (χ2n) is 7.16. The predicted octanol–water partition coefficient (Wildman–Crippen LogP) is 3.31. The topological polar surface area (TPSA) is 48.5 Å². The molecule has 2 aliphatic rings. The third-order valence-corrected chi connectivity index (χ3v) is 5.38. The molecule has 0 unspecified atom stereocenters. The summed E-state index contributed by atoms with van der Waals surface area (Å²) in [5.74, 6) is 0. The average Bonchev–Trinajstić information content (AvgIpc) is 3.03. The molecule has 0 spiro atoms. The molecule has 0 radical (unpaired) electrons. The molecule has 4 rings (SSSR count). The fourth-order valence-electron chi connectivity index (χ4n) is 3.98. The molecule has 136 valence electrons. The van der Waals surface area contributed by atoms with Crippen LogP contribution in [0.5, 0.6) is 0 Å². The number of rotatable bonds is 3. The Labute approximate surface area is 155 Å². The van der Waals surface area contributed by atoms with E-state index in [1.165, 1.54) is 17.5 Å². The first-order chi connectivity index (χ1) is 12.8. The maximum absolute atomic E-state index is 12.8. The molecule has 2 aromatic rings. The van der Waals surface area contributed by atoms with E-state index in [1.807, 2.05) is 29.3 Å². The fourth-order valence-corrected chi connectivity index (χ4v) is 3.98. The first-order valence-electron chi connectivity index (χ1n) is 9.58. The van der Waals surface area contributed by atoms with E-state index in [9.17, 15) is 4.79 Å². The van der Waals surface area contributed by atoms with Crippen molar-refractivity contribution >= 4 is 11.7 Å². The van der Waals surface area contributed by atoms with Crippen molar-refractivity contribution in [3.63, 3.8) is 0 Å². The molecule has 0 bridgehead atoms. The van der Waals surface area contributed by atoms with Gasteiger partial charge in [0.25, 0.3) is 0 Å². The first-order valence-corrected chi connectivity index (χ1v) is 9.58. The monoisotopic (exact) mass is 350 g/mol. The van der Waals surface area contributed by atoms with Crippen LogP contribution in [0.15, 0.2) is 42.6 Å². The molecule has 1 aromatic heterocycles. The van der Waals surface area contributed by atoms with Crippen LogP contribution in [-0.4, -0.2) is 47.0 Å². The van der Waals surface area contributed by atoms with Gasteiger partial charge in [-0.1, -0.05) is 18.2 Å². The van der Waals surface area contributed by atoms with Crippen LogP contribution < -0.4 is 5.32 Å². The fraction of sp³-hybridized carbons (Fsp3) is 0.429. The minimum absolute atomic E-state index is 0.0324. The molecule has 2 amide bonds. The smallest absolute Gasteiger partial charge is 0.321 e. The van der Waals surface area contributed by atoms with Crippen molar-refractivity contribution in [3.05, 3.63) is 59.4 Å². The van der Waals surface area contributed by atoms with E-state index in [-0.39, 0.29) is 6.03 Å². The highest BCUT2D eigenvalue weighted by Gasteiger charge is 2.21. The Balaban J connectivity index is 1.35. The molecule has 5 nitrogen and oxygen atoms in total. The number of pyridine rings is 1. The van der Waals surface area contributed by atoms with Crippen molar-refractivity contribution in [2.24, 2.45) is 0 Å². The van der Waals surface area contributed by atoms with E-state index >= 15 is 0 Å². The van der Waals surface area contributed by atoms with E-state index in [0.717, 1.165) is 63.4 Å². The summed E-state index contributed by atoms with van der Waals surface area (Å²) in [4.78, 5) is 21.5. The van der Waals surface area contributed by atoms with Crippen LogP contribution >= 0.6 is 0 Å². The number of anilines is 1. The number of benzene rings is 1. The molecule has 1 aromatic carbocycles. The number of amides is 2. The standard InChI is InChI=1S/C21H26N4O/c26-21(23-20-10-4-7-17-6-3-9-19(17)20)25-13-5-12-24(14-15-25)16-18-8-1-2-11-22-18/h1-2,4,7-8,10-11H,3,5-6,9,12-16H2,(H,23,26). The van der Waals surface area contributed by atoms with Gasteiger partial charge in [0.05, 0.1) is 5.69 Å². The number of carbonyl (C=O) groups is 1. The lowest BCUT2D eigenvalue weighted by molar-refractivity contribution is 0.211. The molecular weight excluding hydrogens is 324 g/mol. The van der Waals surface area contributed by atoms with Crippen LogP contribution in [-0.2, 0) is 19.4 Å². The van der Waals surface area contributed by atoms with Gasteiger partial charge in [-0.25, -0.2) is 4.79 Å². The summed E-state index contributed by atoms with van der Waals surface area (Å²) in [5, 5.41) is 3.16. The van der Waals surface area contributed by atoms with Gasteiger partial charge in [0.1, 0.15) is 0 Å². The number of hydrogen-bond acceptors (Lipinski definition) is 3. The Hall–Kier alpha value is -2.40. The summed E-state index contributed by atoms with van der Waals surface area (Å²) in [6.45, 7) is 4.30. The van der Waals surface area contributed by atoms with E-state index in [4.69, 9.17) is 0 Å². The Morgan fingerprint density at radius 1 is 1.00 bits per heavy atom. The van der Waals surface area contributed by atoms with E-state index in [1.54, 1.807) is 0 Å². The number of carbonyl (C=O) groups excluding carboxylic acids is 1. The first kappa shape index (κ1) is 17.0. The summed E-state index contributed by atoms with van der Waals surface area (Å²) in [5.41, 5.74) is 4.80. The normalized spacial score (nSPS) is 17.6. The molecule has 0 saturated carbocycles. The van der Waals surface area contributed by atoms with Gasteiger partial charge in [-0.15, -0.1) is 0 Å². The van der Waals surface area contributed by atoms with Gasteiger partial charge in [-0.2, -0.15) is 0 Å². The predicted molar refractivity (Wildman–Crippen MR) is 103 cm³/mol. The summed E-state index contributed by atoms with van der Waals surface area (Å²) < 4.78 is 0. The zero-order chi connectivity index (χ0) is 17.8. The van der Waals surface area contributed by atoms with Gasteiger partial charge < -0.3 is 10.2 Å². The van der Waals surface area contributed by atoms with Crippen molar-refractivity contribution in [3.8, 4) is 0 Å². The molecule has 5 heteroatoms. The molecular formula is C21H26N4O. The second-order valence-corrected chi connectivity index (χ2v) is 7.16. The maximum atomic E-state index is 12.8. The number of nitrogens with one attached hydrogen (secondary N) is 1. The number of aryl methyl sites for hydroxylation is 1. The van der Waals surface area contributed by atoms with Crippen LogP contribution in [0, 0.1) is 0 Å². The molecule has 26 heavy (non-hydrogen) atoms. The van der Waals surface area contributed by atoms with Crippen LogP contribution in [0.1, 0.15) is 29.7 Å². The number of aromatic nitrogens is 1. The van der Waals surface area contributed by atoms with Crippen LogP contribution in [0.3, 0.4) is 0 Å². The van der Waals surface area contributed by atoms with E-state index in [2.05, 4.69) is 33.4 Å². The molecule has 1 N–H and O–H groups in total. The van der Waals surface area contributed by atoms with Crippen molar-refractivity contribution in [2.75, 3.05) is 31.5 Å². The van der Waals surface area contributed by atoms with E-state index in [0.29, 0.717) is 0 Å². The number of urea groups is 1. The third-order valence-electron chi connectivity index (χ3n) is 5.38. The van der Waals surface area contributed by atoms with Gasteiger partial charge in [0.15, 0.2) is 0 Å². The quantitative estimate of drug-likeness (QED) is 0.924. The van der Waals surface area contributed by atoms with Gasteiger partial charge in [-0.05, 0) is 55.0 Å². The van der Waals surface area contributed by atoms with Gasteiger partial charge in [0, 0.05) is 44.6 Å². The van der Waals surface area contributed by atoms with Gasteiger partial charge in [0.2, 0.25) is 0 Å². The SMILES string of the molecule is O=C(Nc1cccc2c1CCC2)N1CCCN(Cc2ccccn2)CC1. The van der Waals surface area contributed by atoms with Crippen molar-refractivity contribution in [2.45, 2.75) is 32.2 Å². The summed E-state index contributed by atoms with van der Waals surface area (Å²) in [7, 11) is 0. The molecule has 1 aliphatic carbocycles. The van der Waals surface area contributed by atoms with E-state index < -0.39 is 0 Å². The molecule has 2 heterocycles. The Kier molecular flexibility index (Phi) is 5.16. The molecule has 1 fully saturated rings. The molecule has 1 aliphatic heterocycles. The zero-order valence-electron chi connectivity index (χ0n) is 15.2. The largest absolute Gasteiger partial charge is 0.323 e. The lowest BCUT2D eigenvalue weighted by atomic mass is 10.1. The second kappa shape index (κ2) is 7.87. The van der Waals surface area contributed by atoms with Crippen molar-refractivity contribution in [1.82, 2.24) is 14.8 Å². The van der Waals surface area contributed by atoms with Crippen LogP contribution in [0.2, 0.25) is 0 Å². The van der Waals surface area contributed by atoms with Crippen molar-refractivity contribution in [1.29, 1.82) is 0 Å². The van der Waals surface area contributed by atoms with Gasteiger partial charge >= 0.3 is 6.03 Å². The minimum Gasteiger partial charge on any atom is -0.323 e. The number of nitrogens with zero attached hydrogens (tertiary/aromatic N) is 3. The highest BCUT2D eigenvalue weighted by atomic mass is 16.2. The Morgan fingerprint density at radius 2 is 1.96 bits per heavy atom. The highest BCUT2D eigenvalue weighted by molar-refractivity contribution is 5.90. The maximum Gasteiger partial charge on any atom is 0.321 e. The lowest BCUT2D eigenvalue weighted by Crippen LogP contribution is -2.38. The Bertz CT molecular complexity index is 762. The van der Waals surface area contributed by atoms with Crippen molar-refractivity contribution < 1.29 is 4.79 Å². The minimum atomic E-state index is 0.0324. The summed E-state index contributed by atoms with van der Waals surface area (Å²) >= 11 is 0. The highest BCUT2D eigenvalue weighted by Crippen LogP contribution is 2.28. The number of hydrogen-bond donors (Lipinski definition) is 1. The number of fused-ring (bicyclic) bond motifs is 1. The Morgan fingerprint density at radius 3 is 2.85 bits per heavy atom. The van der Waals surface area contributed by atoms with Crippen LogP contribution in [0.25, 0.3) is 0 Å². The average molecular weight is 350 g/mol. The molecule has 0 atom stereocenters. The van der Waals surface area contributed by atoms with Crippen LogP contribution in [0.4, 0.5) is 10.5 Å². The lowest BCUT2D eigenvalue weighted by Gasteiger charge is -2.23. The summed E-state index contributed by atoms with van der Waals surface area (Å²) in [6, 6.07) is 12.3. The van der Waals surface area contributed by atoms with Gasteiger partial charge in [-0.3, -0.25) is 9.88 Å². The molecule has 1 saturated heterocycles. The zero-order valence-corrected chi connectivity index (χ0v) is 15.2. The summed E-state index contributed by atoms with van der Waals surface area (Å²) in [6.07, 6.45) is 6.22.